The molecule has 112 valence electrons. The highest BCUT2D eigenvalue weighted by Gasteiger charge is 2.38. The molecule has 0 atom stereocenters. The molecule has 0 fully saturated rings. The van der Waals surface area contributed by atoms with E-state index < -0.39 is 20.9 Å². The average Bonchev–Trinajstić information content (AvgIpc) is 2.67. The van der Waals surface area contributed by atoms with E-state index in [0.29, 0.717) is 0 Å². The molecular formula is C13H14N2O5S. The standard InChI is InChI=1S/C13H14N2O5S/c1-2-19-12-10(14)11(21(17,18)15-12)13(16)20-8-9-6-4-3-5-7-9/h3-7H,2,8,14H2,1H3. The molecule has 0 spiro atoms. The van der Waals surface area contributed by atoms with E-state index in [1.54, 1.807) is 31.2 Å². The first-order chi connectivity index (χ1) is 9.95. The van der Waals surface area contributed by atoms with Gasteiger partial charge in [0.1, 0.15) is 12.3 Å². The molecule has 0 amide bonds. The minimum atomic E-state index is -4.17. The van der Waals surface area contributed by atoms with Gasteiger partial charge in [0.25, 0.3) is 15.9 Å². The fourth-order valence-corrected chi connectivity index (χ4v) is 2.78. The summed E-state index contributed by atoms with van der Waals surface area (Å²) in [6.07, 6.45) is 0. The molecule has 1 aromatic rings. The van der Waals surface area contributed by atoms with Crippen LogP contribution in [0.15, 0.2) is 45.3 Å². The highest BCUT2D eigenvalue weighted by Crippen LogP contribution is 2.23. The number of nitrogens with zero attached hydrogens (tertiary/aromatic N) is 1. The van der Waals surface area contributed by atoms with E-state index in [9.17, 15) is 13.2 Å². The van der Waals surface area contributed by atoms with Crippen LogP contribution in [0.3, 0.4) is 0 Å². The summed E-state index contributed by atoms with van der Waals surface area (Å²) in [5.74, 6) is -1.32. The van der Waals surface area contributed by atoms with Crippen LogP contribution >= 0.6 is 0 Å². The van der Waals surface area contributed by atoms with E-state index in [-0.39, 0.29) is 24.8 Å². The lowest BCUT2D eigenvalue weighted by molar-refractivity contribution is -0.139. The summed E-state index contributed by atoms with van der Waals surface area (Å²) in [6.45, 7) is 1.77. The van der Waals surface area contributed by atoms with Crippen molar-refractivity contribution in [2.24, 2.45) is 10.1 Å². The lowest BCUT2D eigenvalue weighted by Gasteiger charge is -2.05. The Labute approximate surface area is 122 Å². The monoisotopic (exact) mass is 310 g/mol. The van der Waals surface area contributed by atoms with Gasteiger partial charge in [0.05, 0.1) is 6.61 Å². The SMILES string of the molecule is CCOC1=NS(=O)(=O)C(C(=O)OCc2ccccc2)=C1N. The first-order valence-electron chi connectivity index (χ1n) is 6.14. The second kappa shape index (κ2) is 5.96. The number of carbonyl (C=O) groups is 1. The van der Waals surface area contributed by atoms with Crippen LogP contribution in [0.4, 0.5) is 0 Å². The number of carbonyl (C=O) groups excluding carboxylic acids is 1. The maximum absolute atomic E-state index is 11.9. The van der Waals surface area contributed by atoms with Crippen LogP contribution in [-0.4, -0.2) is 26.9 Å². The summed E-state index contributed by atoms with van der Waals surface area (Å²) in [6, 6.07) is 8.86. The molecule has 2 N–H and O–H groups in total. The maximum Gasteiger partial charge on any atom is 0.354 e. The Morgan fingerprint density at radius 2 is 1.95 bits per heavy atom. The fourth-order valence-electron chi connectivity index (χ4n) is 1.68. The van der Waals surface area contributed by atoms with Crippen LogP contribution in [0.5, 0.6) is 0 Å². The molecular weight excluding hydrogens is 296 g/mol. The minimum absolute atomic E-state index is 0.0596. The predicted molar refractivity (Wildman–Crippen MR) is 75.4 cm³/mol. The molecule has 7 nitrogen and oxygen atoms in total. The molecule has 0 saturated carbocycles. The number of sulfonamides is 1. The number of hydrogen-bond acceptors (Lipinski definition) is 6. The Hall–Kier alpha value is -2.35. The molecule has 1 aliphatic heterocycles. The van der Waals surface area contributed by atoms with Gasteiger partial charge in [0.15, 0.2) is 0 Å². The van der Waals surface area contributed by atoms with Crippen LogP contribution in [0.1, 0.15) is 12.5 Å². The van der Waals surface area contributed by atoms with E-state index in [0.717, 1.165) is 5.56 Å². The third kappa shape index (κ3) is 3.22. The van der Waals surface area contributed by atoms with Crippen LogP contribution in [-0.2, 0) is 30.9 Å². The van der Waals surface area contributed by atoms with Gasteiger partial charge in [-0.3, -0.25) is 0 Å². The van der Waals surface area contributed by atoms with Crippen LogP contribution < -0.4 is 5.73 Å². The zero-order valence-corrected chi connectivity index (χ0v) is 12.1. The molecule has 8 heteroatoms. The maximum atomic E-state index is 11.9. The predicted octanol–water partition coefficient (Wildman–Crippen LogP) is 0.679. The molecule has 2 rings (SSSR count). The lowest BCUT2D eigenvalue weighted by Crippen LogP contribution is -2.19. The van der Waals surface area contributed by atoms with Crippen molar-refractivity contribution in [1.82, 2.24) is 0 Å². The third-order valence-corrected chi connectivity index (χ3v) is 3.92. The normalized spacial score (nSPS) is 16.5. The second-order valence-electron chi connectivity index (χ2n) is 4.11. The van der Waals surface area contributed by atoms with Crippen molar-refractivity contribution in [2.45, 2.75) is 13.5 Å². The van der Waals surface area contributed by atoms with Gasteiger partial charge in [-0.1, -0.05) is 30.3 Å². The molecule has 0 bridgehead atoms. The van der Waals surface area contributed by atoms with Crippen molar-refractivity contribution >= 4 is 21.9 Å². The number of nitrogens with two attached hydrogens (primary N) is 1. The number of ether oxygens (including phenoxy) is 2. The molecule has 1 aliphatic rings. The molecule has 1 aromatic carbocycles. The molecule has 1 heterocycles. The molecule has 0 radical (unpaired) electrons. The fraction of sp³-hybridized carbons (Fsp3) is 0.231. The molecule has 0 aromatic heterocycles. The van der Waals surface area contributed by atoms with Crippen molar-refractivity contribution in [1.29, 1.82) is 0 Å². The Balaban J connectivity index is 2.15. The zero-order valence-electron chi connectivity index (χ0n) is 11.3. The van der Waals surface area contributed by atoms with Gasteiger partial charge in [-0.05, 0) is 12.5 Å². The molecule has 21 heavy (non-hydrogen) atoms. The van der Waals surface area contributed by atoms with E-state index in [1.807, 2.05) is 6.07 Å². The van der Waals surface area contributed by atoms with Crippen molar-refractivity contribution < 1.29 is 22.7 Å². The van der Waals surface area contributed by atoms with E-state index in [1.165, 1.54) is 0 Å². The van der Waals surface area contributed by atoms with Gasteiger partial charge < -0.3 is 15.2 Å². The Bertz CT molecular complexity index is 707. The number of rotatable bonds is 4. The highest BCUT2D eigenvalue weighted by atomic mass is 32.2. The smallest absolute Gasteiger partial charge is 0.354 e. The van der Waals surface area contributed by atoms with Gasteiger partial charge in [0, 0.05) is 0 Å². The first kappa shape index (κ1) is 15.0. The van der Waals surface area contributed by atoms with Gasteiger partial charge >= 0.3 is 5.97 Å². The van der Waals surface area contributed by atoms with E-state index in [4.69, 9.17) is 15.2 Å². The van der Waals surface area contributed by atoms with E-state index in [2.05, 4.69) is 4.40 Å². The summed E-state index contributed by atoms with van der Waals surface area (Å²) in [5, 5.41) is 0. The number of benzene rings is 1. The van der Waals surface area contributed by atoms with Crippen molar-refractivity contribution in [2.75, 3.05) is 6.61 Å². The van der Waals surface area contributed by atoms with E-state index >= 15 is 0 Å². The number of esters is 1. The second-order valence-corrected chi connectivity index (χ2v) is 5.65. The highest BCUT2D eigenvalue weighted by molar-refractivity contribution is 7.95. The third-order valence-electron chi connectivity index (χ3n) is 2.62. The van der Waals surface area contributed by atoms with Crippen molar-refractivity contribution in [3.63, 3.8) is 0 Å². The van der Waals surface area contributed by atoms with Crippen molar-refractivity contribution in [3.05, 3.63) is 46.5 Å². The largest absolute Gasteiger partial charge is 0.476 e. The van der Waals surface area contributed by atoms with Crippen LogP contribution in [0.25, 0.3) is 0 Å². The lowest BCUT2D eigenvalue weighted by atomic mass is 10.2. The summed E-state index contributed by atoms with van der Waals surface area (Å²) in [7, 11) is -4.17. The average molecular weight is 310 g/mol. The first-order valence-corrected chi connectivity index (χ1v) is 7.58. The number of hydrogen-bond donors (Lipinski definition) is 1. The van der Waals surface area contributed by atoms with Gasteiger partial charge in [-0.25, -0.2) is 4.79 Å². The van der Waals surface area contributed by atoms with Gasteiger partial charge in [0.2, 0.25) is 4.91 Å². The van der Waals surface area contributed by atoms with Crippen LogP contribution in [0.2, 0.25) is 0 Å². The van der Waals surface area contributed by atoms with Crippen molar-refractivity contribution in [3.8, 4) is 0 Å². The summed E-state index contributed by atoms with van der Waals surface area (Å²) in [5.41, 5.74) is 6.00. The summed E-state index contributed by atoms with van der Waals surface area (Å²) >= 11 is 0. The molecule has 0 aliphatic carbocycles. The van der Waals surface area contributed by atoms with Gasteiger partial charge in [-0.2, -0.15) is 8.42 Å². The zero-order chi connectivity index (χ0) is 15.5. The quantitative estimate of drug-likeness (QED) is 0.819. The Morgan fingerprint density at radius 3 is 2.57 bits per heavy atom. The Morgan fingerprint density at radius 1 is 1.29 bits per heavy atom. The summed E-state index contributed by atoms with van der Waals surface area (Å²) in [4.78, 5) is 11.2. The van der Waals surface area contributed by atoms with Crippen LogP contribution in [0, 0.1) is 0 Å². The minimum Gasteiger partial charge on any atom is -0.476 e. The molecule has 0 unspecified atom stereocenters. The molecule has 0 saturated heterocycles. The summed E-state index contributed by atoms with van der Waals surface area (Å²) < 4.78 is 36.9. The van der Waals surface area contributed by atoms with Gasteiger partial charge in [-0.15, -0.1) is 4.40 Å². The topological polar surface area (TPSA) is 108 Å². The Kier molecular flexibility index (Phi) is 4.27.